The Morgan fingerprint density at radius 3 is 2.20 bits per heavy atom. The Morgan fingerprint density at radius 1 is 0.800 bits per heavy atom. The van der Waals surface area contributed by atoms with Crippen LogP contribution in [0.1, 0.15) is 16.7 Å². The maximum Gasteiger partial charge on any atom is 0.193 e. The van der Waals surface area contributed by atoms with E-state index in [4.69, 9.17) is 0 Å². The molecule has 0 amide bonds. The minimum Gasteiger partial charge on any atom is -0.354 e. The van der Waals surface area contributed by atoms with Crippen molar-refractivity contribution in [3.63, 3.8) is 0 Å². The highest BCUT2D eigenvalue weighted by molar-refractivity contribution is 5.85. The number of hydrogen-bond donors (Lipinski definition) is 1. The summed E-state index contributed by atoms with van der Waals surface area (Å²) in [6.45, 7) is 2.03. The molecule has 0 spiro atoms. The molecular formula is C23H19NO. The van der Waals surface area contributed by atoms with Crippen molar-refractivity contribution < 1.29 is 0 Å². The molecule has 1 N–H and O–H groups in total. The van der Waals surface area contributed by atoms with E-state index in [0.717, 1.165) is 38.9 Å². The third-order valence-electron chi connectivity index (χ3n) is 4.63. The van der Waals surface area contributed by atoms with E-state index in [1.54, 1.807) is 0 Å². The number of H-pyrrole nitrogens is 1. The summed E-state index contributed by atoms with van der Waals surface area (Å²) in [6, 6.07) is 26.1. The Labute approximate surface area is 146 Å². The molecule has 2 nitrogen and oxygen atoms in total. The highest BCUT2D eigenvalue weighted by atomic mass is 16.1. The number of rotatable bonds is 3. The molecule has 0 aliphatic rings. The van der Waals surface area contributed by atoms with E-state index < -0.39 is 0 Å². The number of pyridine rings is 1. The molecule has 25 heavy (non-hydrogen) atoms. The molecule has 0 bridgehead atoms. The molecule has 3 aromatic carbocycles. The van der Waals surface area contributed by atoms with Gasteiger partial charge in [0.1, 0.15) is 0 Å². The summed E-state index contributed by atoms with van der Waals surface area (Å²) in [4.78, 5) is 16.8. The summed E-state index contributed by atoms with van der Waals surface area (Å²) in [6.07, 6.45) is 0.615. The van der Waals surface area contributed by atoms with Gasteiger partial charge in [0, 0.05) is 17.4 Å². The van der Waals surface area contributed by atoms with E-state index in [0.29, 0.717) is 6.42 Å². The van der Waals surface area contributed by atoms with Crippen LogP contribution in [0.5, 0.6) is 0 Å². The second-order valence-corrected chi connectivity index (χ2v) is 6.33. The fourth-order valence-corrected chi connectivity index (χ4v) is 3.32. The highest BCUT2D eigenvalue weighted by Crippen LogP contribution is 2.25. The molecule has 0 fully saturated rings. The predicted molar refractivity (Wildman–Crippen MR) is 104 cm³/mol. The van der Waals surface area contributed by atoms with Gasteiger partial charge >= 0.3 is 0 Å². The number of aryl methyl sites for hydroxylation is 1. The van der Waals surface area contributed by atoms with Gasteiger partial charge < -0.3 is 4.98 Å². The average molecular weight is 325 g/mol. The van der Waals surface area contributed by atoms with Gasteiger partial charge in [-0.1, -0.05) is 72.8 Å². The zero-order valence-electron chi connectivity index (χ0n) is 14.1. The Balaban J connectivity index is 2.01. The zero-order chi connectivity index (χ0) is 17.2. The van der Waals surface area contributed by atoms with Crippen LogP contribution < -0.4 is 5.43 Å². The molecule has 0 atom stereocenters. The number of aromatic amines is 1. The molecule has 0 saturated carbocycles. The van der Waals surface area contributed by atoms with Gasteiger partial charge in [-0.05, 0) is 29.7 Å². The lowest BCUT2D eigenvalue weighted by Gasteiger charge is -2.13. The molecule has 1 aromatic heterocycles. The van der Waals surface area contributed by atoms with E-state index in [2.05, 4.69) is 17.1 Å². The predicted octanol–water partition coefficient (Wildman–Crippen LogP) is 5.09. The van der Waals surface area contributed by atoms with E-state index in [1.165, 1.54) is 0 Å². The molecular weight excluding hydrogens is 306 g/mol. The fraction of sp³-hybridized carbons (Fsp3) is 0.0870. The van der Waals surface area contributed by atoms with Gasteiger partial charge in [-0.15, -0.1) is 0 Å². The first-order chi connectivity index (χ1) is 12.2. The van der Waals surface area contributed by atoms with Crippen molar-refractivity contribution >= 4 is 10.9 Å². The largest absolute Gasteiger partial charge is 0.354 e. The van der Waals surface area contributed by atoms with Gasteiger partial charge in [-0.3, -0.25) is 4.79 Å². The van der Waals surface area contributed by atoms with Crippen LogP contribution in [-0.4, -0.2) is 4.98 Å². The first-order valence-corrected chi connectivity index (χ1v) is 8.48. The smallest absolute Gasteiger partial charge is 0.193 e. The number of benzene rings is 3. The maximum atomic E-state index is 13.3. The number of aromatic nitrogens is 1. The maximum absolute atomic E-state index is 13.3. The van der Waals surface area contributed by atoms with Gasteiger partial charge in [-0.25, -0.2) is 0 Å². The summed E-state index contributed by atoms with van der Waals surface area (Å²) in [5.41, 5.74) is 6.01. The van der Waals surface area contributed by atoms with E-state index in [1.807, 2.05) is 73.7 Å². The van der Waals surface area contributed by atoms with Crippen molar-refractivity contribution in [2.45, 2.75) is 13.3 Å². The SMILES string of the molecule is Cc1cccc2c(=O)c(Cc3ccccc3)c(-c3ccccc3)[nH]c12. The van der Waals surface area contributed by atoms with Crippen LogP contribution in [0.25, 0.3) is 22.2 Å². The third-order valence-corrected chi connectivity index (χ3v) is 4.63. The second-order valence-electron chi connectivity index (χ2n) is 6.33. The van der Waals surface area contributed by atoms with Gasteiger partial charge in [0.25, 0.3) is 0 Å². The van der Waals surface area contributed by atoms with Crippen molar-refractivity contribution in [3.8, 4) is 11.3 Å². The average Bonchev–Trinajstić information content (AvgIpc) is 2.66. The van der Waals surface area contributed by atoms with Crippen LogP contribution in [0.3, 0.4) is 0 Å². The Hall–Kier alpha value is -3.13. The van der Waals surface area contributed by atoms with Gasteiger partial charge in [-0.2, -0.15) is 0 Å². The number of nitrogens with one attached hydrogen (secondary N) is 1. The van der Waals surface area contributed by atoms with E-state index in [-0.39, 0.29) is 5.43 Å². The molecule has 0 radical (unpaired) electrons. The second kappa shape index (κ2) is 6.40. The number of para-hydroxylation sites is 1. The van der Waals surface area contributed by atoms with Crippen LogP contribution in [0, 0.1) is 6.92 Å². The van der Waals surface area contributed by atoms with Gasteiger partial charge in [0.05, 0.1) is 11.2 Å². The lowest BCUT2D eigenvalue weighted by Crippen LogP contribution is -2.14. The molecule has 4 rings (SSSR count). The lowest BCUT2D eigenvalue weighted by molar-refractivity contribution is 1.15. The van der Waals surface area contributed by atoms with Crippen LogP contribution in [-0.2, 0) is 6.42 Å². The normalized spacial score (nSPS) is 10.9. The molecule has 0 aliphatic heterocycles. The standard InChI is InChI=1S/C23H19NO/c1-16-9-8-14-19-21(16)24-22(18-12-6-3-7-13-18)20(23(19)25)15-17-10-4-2-5-11-17/h2-14H,15H2,1H3,(H,24,25). The Morgan fingerprint density at radius 2 is 1.48 bits per heavy atom. The molecule has 2 heteroatoms. The minimum atomic E-state index is 0.111. The van der Waals surface area contributed by atoms with Crippen molar-refractivity contribution in [2.24, 2.45) is 0 Å². The third kappa shape index (κ3) is 2.87. The summed E-state index contributed by atoms with van der Waals surface area (Å²) in [5, 5.41) is 0.755. The lowest BCUT2D eigenvalue weighted by atomic mass is 9.96. The van der Waals surface area contributed by atoms with Crippen molar-refractivity contribution in [3.05, 3.63) is 106 Å². The summed E-state index contributed by atoms with van der Waals surface area (Å²) in [5.74, 6) is 0. The number of hydrogen-bond acceptors (Lipinski definition) is 1. The molecule has 4 aromatic rings. The first-order valence-electron chi connectivity index (χ1n) is 8.48. The number of fused-ring (bicyclic) bond motifs is 1. The monoisotopic (exact) mass is 325 g/mol. The summed E-state index contributed by atoms with van der Waals surface area (Å²) < 4.78 is 0. The van der Waals surface area contributed by atoms with Crippen LogP contribution >= 0.6 is 0 Å². The van der Waals surface area contributed by atoms with Gasteiger partial charge in [0.2, 0.25) is 0 Å². The quantitative estimate of drug-likeness (QED) is 0.559. The molecule has 122 valence electrons. The van der Waals surface area contributed by atoms with Crippen molar-refractivity contribution in [1.82, 2.24) is 4.98 Å². The van der Waals surface area contributed by atoms with Crippen molar-refractivity contribution in [2.75, 3.05) is 0 Å². The zero-order valence-corrected chi connectivity index (χ0v) is 14.1. The van der Waals surface area contributed by atoms with Crippen molar-refractivity contribution in [1.29, 1.82) is 0 Å². The molecule has 0 aliphatic carbocycles. The minimum absolute atomic E-state index is 0.111. The van der Waals surface area contributed by atoms with Gasteiger partial charge in [0.15, 0.2) is 5.43 Å². The summed E-state index contributed by atoms with van der Waals surface area (Å²) >= 11 is 0. The summed E-state index contributed by atoms with van der Waals surface area (Å²) in [7, 11) is 0. The Bertz CT molecular complexity index is 1080. The van der Waals surface area contributed by atoms with Crippen LogP contribution in [0.2, 0.25) is 0 Å². The molecule has 1 heterocycles. The van der Waals surface area contributed by atoms with E-state index in [9.17, 15) is 4.79 Å². The fourth-order valence-electron chi connectivity index (χ4n) is 3.32. The molecule has 0 unspecified atom stereocenters. The highest BCUT2D eigenvalue weighted by Gasteiger charge is 2.14. The first kappa shape index (κ1) is 15.4. The van der Waals surface area contributed by atoms with Crippen LogP contribution in [0.4, 0.5) is 0 Å². The topological polar surface area (TPSA) is 32.9 Å². The van der Waals surface area contributed by atoms with E-state index >= 15 is 0 Å². The molecule has 0 saturated heterocycles. The Kier molecular flexibility index (Phi) is 3.95. The van der Waals surface area contributed by atoms with Crippen LogP contribution in [0.15, 0.2) is 83.7 Å².